The minimum Gasteiger partial charge on any atom is -0.445 e. The van der Waals surface area contributed by atoms with Gasteiger partial charge in [0.25, 0.3) is 0 Å². The summed E-state index contributed by atoms with van der Waals surface area (Å²) in [6.45, 7) is 6.74. The zero-order valence-corrected chi connectivity index (χ0v) is 17.1. The van der Waals surface area contributed by atoms with Gasteiger partial charge in [-0.2, -0.15) is 5.26 Å². The first-order chi connectivity index (χ1) is 13.1. The number of piperidine rings is 1. The highest BCUT2D eigenvalue weighted by Gasteiger charge is 2.39. The molecule has 0 aliphatic carbocycles. The maximum absolute atomic E-state index is 12.3. The van der Waals surface area contributed by atoms with E-state index in [1.165, 1.54) is 4.90 Å². The minimum atomic E-state index is -0.693. The SMILES string of the molecule is CN(CC1(C#N)CCN(C(=O)OCc2ccccc2)CC1)C(=O)OC(C)(C)C. The molecule has 0 atom stereocenters. The van der Waals surface area contributed by atoms with Crippen molar-refractivity contribution in [1.82, 2.24) is 9.80 Å². The second-order valence-electron chi connectivity index (χ2n) is 8.26. The van der Waals surface area contributed by atoms with Crippen LogP contribution in [0.25, 0.3) is 0 Å². The number of carbonyl (C=O) groups excluding carboxylic acids is 2. The lowest BCUT2D eigenvalue weighted by Gasteiger charge is -2.38. The molecule has 1 fully saturated rings. The fourth-order valence-electron chi connectivity index (χ4n) is 3.09. The van der Waals surface area contributed by atoms with Crippen LogP contribution >= 0.6 is 0 Å². The Hall–Kier alpha value is -2.75. The summed E-state index contributed by atoms with van der Waals surface area (Å²) >= 11 is 0. The number of rotatable bonds is 4. The Kier molecular flexibility index (Phi) is 6.90. The first-order valence-electron chi connectivity index (χ1n) is 9.45. The highest BCUT2D eigenvalue weighted by Crippen LogP contribution is 2.32. The number of benzene rings is 1. The largest absolute Gasteiger partial charge is 0.445 e. The van der Waals surface area contributed by atoms with Gasteiger partial charge in [0.05, 0.1) is 11.5 Å². The Labute approximate surface area is 166 Å². The number of nitrogens with zero attached hydrogens (tertiary/aromatic N) is 3. The number of likely N-dealkylation sites (tertiary alicyclic amines) is 1. The molecule has 1 aliphatic rings. The minimum absolute atomic E-state index is 0.223. The summed E-state index contributed by atoms with van der Waals surface area (Å²) in [5.74, 6) is 0. The lowest BCUT2D eigenvalue weighted by atomic mass is 9.79. The maximum atomic E-state index is 12.3. The molecule has 28 heavy (non-hydrogen) atoms. The molecule has 1 aromatic rings. The van der Waals surface area contributed by atoms with Crippen molar-refractivity contribution in [2.45, 2.75) is 45.8 Å². The Morgan fingerprint density at radius 3 is 2.36 bits per heavy atom. The van der Waals surface area contributed by atoms with Gasteiger partial charge in [0, 0.05) is 26.7 Å². The molecule has 1 saturated heterocycles. The Morgan fingerprint density at radius 1 is 1.21 bits per heavy atom. The Bertz CT molecular complexity index is 713. The highest BCUT2D eigenvalue weighted by atomic mass is 16.6. The molecule has 0 saturated carbocycles. The molecule has 0 spiro atoms. The van der Waals surface area contributed by atoms with Crippen LogP contribution < -0.4 is 0 Å². The molecule has 2 amide bonds. The molecule has 1 aliphatic heterocycles. The summed E-state index contributed by atoms with van der Waals surface area (Å²) in [6, 6.07) is 11.9. The van der Waals surface area contributed by atoms with E-state index in [-0.39, 0.29) is 19.2 Å². The molecule has 152 valence electrons. The van der Waals surface area contributed by atoms with Crippen LogP contribution in [0.2, 0.25) is 0 Å². The van der Waals surface area contributed by atoms with E-state index >= 15 is 0 Å². The predicted molar refractivity (Wildman–Crippen MR) is 104 cm³/mol. The summed E-state index contributed by atoms with van der Waals surface area (Å²) in [7, 11) is 1.63. The monoisotopic (exact) mass is 387 g/mol. The standard InChI is InChI=1S/C21H29N3O4/c1-20(2,3)28-18(25)23(4)16-21(15-22)10-12-24(13-11-21)19(26)27-14-17-8-6-5-7-9-17/h5-9H,10-14,16H2,1-4H3. The highest BCUT2D eigenvalue weighted by molar-refractivity contribution is 5.68. The van der Waals surface area contributed by atoms with Gasteiger partial charge in [-0.25, -0.2) is 9.59 Å². The van der Waals surface area contributed by atoms with Crippen LogP contribution in [0.3, 0.4) is 0 Å². The number of hydrogen-bond donors (Lipinski definition) is 0. The molecule has 1 aromatic carbocycles. The van der Waals surface area contributed by atoms with Gasteiger partial charge in [-0.15, -0.1) is 0 Å². The first kappa shape index (κ1) is 21.5. The fourth-order valence-corrected chi connectivity index (χ4v) is 3.09. The van der Waals surface area contributed by atoms with E-state index in [4.69, 9.17) is 9.47 Å². The van der Waals surface area contributed by atoms with Crippen molar-refractivity contribution in [2.24, 2.45) is 5.41 Å². The average molecular weight is 387 g/mol. The summed E-state index contributed by atoms with van der Waals surface area (Å²) in [4.78, 5) is 27.5. The molecule has 0 bridgehead atoms. The van der Waals surface area contributed by atoms with E-state index < -0.39 is 17.1 Å². The zero-order valence-electron chi connectivity index (χ0n) is 17.1. The first-order valence-corrected chi connectivity index (χ1v) is 9.45. The molecule has 7 heteroatoms. The van der Waals surface area contributed by atoms with Crippen LogP contribution in [0.15, 0.2) is 30.3 Å². The van der Waals surface area contributed by atoms with E-state index in [9.17, 15) is 14.9 Å². The van der Waals surface area contributed by atoms with Crippen LogP contribution in [0.5, 0.6) is 0 Å². The molecule has 0 N–H and O–H groups in total. The zero-order chi connectivity index (χ0) is 20.8. The van der Waals surface area contributed by atoms with Crippen molar-refractivity contribution in [1.29, 1.82) is 5.26 Å². The lowest BCUT2D eigenvalue weighted by Crippen LogP contribution is -2.48. The summed E-state index contributed by atoms with van der Waals surface area (Å²) in [5.41, 5.74) is -0.350. The second-order valence-corrected chi connectivity index (χ2v) is 8.26. The quantitative estimate of drug-likeness (QED) is 0.785. The van der Waals surface area contributed by atoms with Crippen LogP contribution in [0, 0.1) is 16.7 Å². The van der Waals surface area contributed by atoms with E-state index in [1.54, 1.807) is 32.7 Å². The van der Waals surface area contributed by atoms with Gasteiger partial charge in [0.1, 0.15) is 12.2 Å². The smallest absolute Gasteiger partial charge is 0.410 e. The Balaban J connectivity index is 1.86. The third-order valence-corrected chi connectivity index (χ3v) is 4.67. The molecule has 2 rings (SSSR count). The summed E-state index contributed by atoms with van der Waals surface area (Å²) < 4.78 is 10.7. The third-order valence-electron chi connectivity index (χ3n) is 4.67. The number of amides is 2. The lowest BCUT2D eigenvalue weighted by molar-refractivity contribution is 0.0188. The van der Waals surface area contributed by atoms with Crippen molar-refractivity contribution < 1.29 is 19.1 Å². The van der Waals surface area contributed by atoms with Gasteiger partial charge in [0.15, 0.2) is 0 Å². The van der Waals surface area contributed by atoms with Crippen molar-refractivity contribution in [3.63, 3.8) is 0 Å². The summed E-state index contributed by atoms with van der Waals surface area (Å²) in [6.07, 6.45) is 0.136. The van der Waals surface area contributed by atoms with E-state index in [0.29, 0.717) is 25.9 Å². The second kappa shape index (κ2) is 8.96. The fraction of sp³-hybridized carbons (Fsp3) is 0.571. The van der Waals surface area contributed by atoms with Crippen molar-refractivity contribution in [3.05, 3.63) is 35.9 Å². The maximum Gasteiger partial charge on any atom is 0.410 e. The van der Waals surface area contributed by atoms with Crippen LogP contribution in [-0.4, -0.2) is 54.3 Å². The Morgan fingerprint density at radius 2 is 1.82 bits per heavy atom. The van der Waals surface area contributed by atoms with Gasteiger partial charge in [-0.05, 0) is 39.2 Å². The van der Waals surface area contributed by atoms with Crippen molar-refractivity contribution in [2.75, 3.05) is 26.7 Å². The normalized spacial score (nSPS) is 16.0. The van der Waals surface area contributed by atoms with Crippen molar-refractivity contribution in [3.8, 4) is 6.07 Å². The van der Waals surface area contributed by atoms with Crippen molar-refractivity contribution >= 4 is 12.2 Å². The number of carbonyl (C=O) groups is 2. The van der Waals surface area contributed by atoms with Gasteiger partial charge in [-0.3, -0.25) is 0 Å². The molecule has 7 nitrogen and oxygen atoms in total. The number of nitriles is 1. The van der Waals surface area contributed by atoms with E-state index in [2.05, 4.69) is 6.07 Å². The van der Waals surface area contributed by atoms with Crippen LogP contribution in [0.4, 0.5) is 9.59 Å². The number of ether oxygens (including phenoxy) is 2. The predicted octanol–water partition coefficient (Wildman–Crippen LogP) is 3.80. The van der Waals surface area contributed by atoms with Gasteiger partial charge >= 0.3 is 12.2 Å². The van der Waals surface area contributed by atoms with Gasteiger partial charge in [0.2, 0.25) is 0 Å². The molecule has 1 heterocycles. The molecule has 0 unspecified atom stereocenters. The van der Waals surface area contributed by atoms with Crippen LogP contribution in [0.1, 0.15) is 39.2 Å². The van der Waals surface area contributed by atoms with E-state index in [0.717, 1.165) is 5.56 Å². The summed E-state index contributed by atoms with van der Waals surface area (Å²) in [5, 5.41) is 9.72. The topological polar surface area (TPSA) is 82.9 Å². The van der Waals surface area contributed by atoms with E-state index in [1.807, 2.05) is 30.3 Å². The molecule has 0 aromatic heterocycles. The number of hydrogen-bond acceptors (Lipinski definition) is 5. The van der Waals surface area contributed by atoms with Gasteiger partial charge in [-0.1, -0.05) is 30.3 Å². The van der Waals surface area contributed by atoms with Crippen LogP contribution in [-0.2, 0) is 16.1 Å². The third kappa shape index (κ3) is 6.15. The van der Waals surface area contributed by atoms with Gasteiger partial charge < -0.3 is 19.3 Å². The molecule has 0 radical (unpaired) electrons. The molecular weight excluding hydrogens is 358 g/mol. The molecular formula is C21H29N3O4. The average Bonchev–Trinajstić information content (AvgIpc) is 2.66.